The Morgan fingerprint density at radius 2 is 1.96 bits per heavy atom. The summed E-state index contributed by atoms with van der Waals surface area (Å²) in [5, 5.41) is 8.92. The molecule has 0 aromatic heterocycles. The highest BCUT2D eigenvalue weighted by molar-refractivity contribution is 8.08. The highest BCUT2D eigenvalue weighted by atomic mass is 32.2. The van der Waals surface area contributed by atoms with Gasteiger partial charge in [0.15, 0.2) is 0 Å². The van der Waals surface area contributed by atoms with Gasteiger partial charge in [-0.3, -0.25) is 19.2 Å². The van der Waals surface area contributed by atoms with Crippen molar-refractivity contribution in [1.82, 2.24) is 0 Å². The fourth-order valence-corrected chi connectivity index (χ4v) is 6.05. The maximum atomic E-state index is 13.1. The summed E-state index contributed by atoms with van der Waals surface area (Å²) in [6, 6.07) is 4.72. The van der Waals surface area contributed by atoms with Crippen LogP contribution in [-0.4, -0.2) is 39.6 Å². The summed E-state index contributed by atoms with van der Waals surface area (Å²) in [5.74, 6) is -1.01. The van der Waals surface area contributed by atoms with Gasteiger partial charge in [0.25, 0.3) is 0 Å². The van der Waals surface area contributed by atoms with Crippen molar-refractivity contribution in [2.75, 3.05) is 5.75 Å². The first kappa shape index (κ1) is 20.7. The number of carboxylic acid groups (broad SMARTS) is 1. The fourth-order valence-electron chi connectivity index (χ4n) is 3.24. The molecule has 1 atom stereocenters. The van der Waals surface area contributed by atoms with Crippen molar-refractivity contribution in [1.29, 1.82) is 0 Å². The van der Waals surface area contributed by atoms with E-state index in [0.29, 0.717) is 22.0 Å². The molecule has 1 aromatic rings. The third kappa shape index (κ3) is 4.50. The Hall–Kier alpha value is -2.06. The Kier molecular flexibility index (Phi) is 6.61. The molecule has 1 aliphatic heterocycles. The first-order valence-corrected chi connectivity index (χ1v) is 10.9. The lowest BCUT2D eigenvalue weighted by Crippen LogP contribution is -2.21. The number of hydrogen-bond donors (Lipinski definition) is 1. The molecule has 0 bridgehead atoms. The Morgan fingerprint density at radius 1 is 1.18 bits per heavy atom. The van der Waals surface area contributed by atoms with Crippen molar-refractivity contribution in [3.05, 3.63) is 39.1 Å². The molecule has 1 aliphatic carbocycles. The van der Waals surface area contributed by atoms with Gasteiger partial charge in [-0.1, -0.05) is 12.5 Å². The van der Waals surface area contributed by atoms with Crippen LogP contribution in [0.15, 0.2) is 28.0 Å². The van der Waals surface area contributed by atoms with Crippen LogP contribution < -0.4 is 4.74 Å². The zero-order chi connectivity index (χ0) is 20.3. The molecular weight excluding hydrogens is 400 g/mol. The predicted molar refractivity (Wildman–Crippen MR) is 108 cm³/mol. The van der Waals surface area contributed by atoms with Crippen LogP contribution in [0.2, 0.25) is 0 Å². The molecule has 1 N–H and O–H groups in total. The van der Waals surface area contributed by atoms with Crippen molar-refractivity contribution >= 4 is 47.0 Å². The van der Waals surface area contributed by atoms with Crippen LogP contribution in [-0.2, 0) is 9.59 Å². The Labute approximate surface area is 171 Å². The third-order valence-electron chi connectivity index (χ3n) is 4.51. The largest absolute Gasteiger partial charge is 0.481 e. The van der Waals surface area contributed by atoms with Crippen molar-refractivity contribution in [2.24, 2.45) is 0 Å². The van der Waals surface area contributed by atoms with Crippen molar-refractivity contribution in [3.63, 3.8) is 0 Å². The summed E-state index contributed by atoms with van der Waals surface area (Å²) >= 11 is 2.80. The molecule has 28 heavy (non-hydrogen) atoms. The predicted octanol–water partition coefficient (Wildman–Crippen LogP) is 4.09. The number of aliphatic carboxylic acids is 1. The second-order valence-electron chi connectivity index (χ2n) is 6.61. The van der Waals surface area contributed by atoms with Crippen LogP contribution in [0.25, 0.3) is 0 Å². The Bertz CT molecular complexity index is 873. The number of fused-ring (bicyclic) bond motifs is 1. The molecule has 0 amide bonds. The molecule has 2 aliphatic rings. The maximum absolute atomic E-state index is 13.1. The van der Waals surface area contributed by atoms with Crippen molar-refractivity contribution < 1.29 is 29.0 Å². The van der Waals surface area contributed by atoms with Crippen molar-refractivity contribution in [3.8, 4) is 5.75 Å². The first-order chi connectivity index (χ1) is 13.4. The summed E-state index contributed by atoms with van der Waals surface area (Å²) in [6.07, 6.45) is 3.16. The standard InChI is InChI=1S/C20H20O6S2/c1-11(21)26-14-7-4-6-13-16(14)18(25)19-20(17(13)24)28-12(9-10-27-19)5-2-3-8-15(22)23/h4,6-7,12H,2-3,5,8-10H2,1H3,(H,22,23)/t12-/m1/s1. The summed E-state index contributed by atoms with van der Waals surface area (Å²) in [6.45, 7) is 1.25. The lowest BCUT2D eigenvalue weighted by molar-refractivity contribution is -0.137. The lowest BCUT2D eigenvalue weighted by atomic mass is 9.93. The SMILES string of the molecule is CC(=O)Oc1cccc2c1C(=O)C1=C(S[C@H](CCCCC(=O)O)CCS1)C2=O. The number of allylic oxidation sites excluding steroid dienone is 2. The van der Waals surface area contributed by atoms with Crippen LogP contribution in [0.4, 0.5) is 0 Å². The first-order valence-electron chi connectivity index (χ1n) is 9.05. The van der Waals surface area contributed by atoms with Gasteiger partial charge >= 0.3 is 11.9 Å². The van der Waals surface area contributed by atoms with E-state index in [-0.39, 0.29) is 40.1 Å². The fraction of sp³-hybridized carbons (Fsp3) is 0.400. The minimum Gasteiger partial charge on any atom is -0.481 e. The van der Waals surface area contributed by atoms with Crippen LogP contribution >= 0.6 is 23.5 Å². The van der Waals surface area contributed by atoms with E-state index in [0.717, 1.165) is 19.3 Å². The molecule has 0 saturated heterocycles. The van der Waals surface area contributed by atoms with Gasteiger partial charge in [0.2, 0.25) is 11.6 Å². The number of hydrogen-bond acceptors (Lipinski definition) is 7. The Morgan fingerprint density at radius 3 is 2.68 bits per heavy atom. The molecule has 0 fully saturated rings. The van der Waals surface area contributed by atoms with Gasteiger partial charge in [-0.2, -0.15) is 0 Å². The van der Waals surface area contributed by atoms with E-state index in [9.17, 15) is 19.2 Å². The number of Topliss-reactive ketones (excluding diaryl/α,β-unsaturated/α-hetero) is 2. The highest BCUT2D eigenvalue weighted by Crippen LogP contribution is 2.46. The minimum atomic E-state index is -0.803. The third-order valence-corrected chi connectivity index (χ3v) is 7.18. The molecule has 0 unspecified atom stereocenters. The zero-order valence-corrected chi connectivity index (χ0v) is 17.0. The number of thioether (sulfide) groups is 2. The molecule has 6 nitrogen and oxygen atoms in total. The number of benzene rings is 1. The van der Waals surface area contributed by atoms with E-state index < -0.39 is 11.9 Å². The highest BCUT2D eigenvalue weighted by Gasteiger charge is 2.37. The quantitative estimate of drug-likeness (QED) is 0.418. The number of carbonyl (C=O) groups is 4. The van der Waals surface area contributed by atoms with Gasteiger partial charge in [0, 0.05) is 24.2 Å². The average Bonchev–Trinajstić information content (AvgIpc) is 2.85. The monoisotopic (exact) mass is 420 g/mol. The number of ketones is 2. The van der Waals surface area contributed by atoms with Crippen LogP contribution in [0.3, 0.4) is 0 Å². The molecule has 1 aromatic carbocycles. The van der Waals surface area contributed by atoms with E-state index in [1.54, 1.807) is 12.1 Å². The second-order valence-corrected chi connectivity index (χ2v) is 9.02. The summed E-state index contributed by atoms with van der Waals surface area (Å²) in [4.78, 5) is 49.1. The molecule has 0 radical (unpaired) electrons. The van der Waals surface area contributed by atoms with Gasteiger partial charge in [0.1, 0.15) is 5.75 Å². The molecule has 3 rings (SSSR count). The second kappa shape index (κ2) is 8.96. The van der Waals surface area contributed by atoms with E-state index >= 15 is 0 Å². The normalized spacial score (nSPS) is 19.0. The summed E-state index contributed by atoms with van der Waals surface area (Å²) < 4.78 is 5.15. The zero-order valence-electron chi connectivity index (χ0n) is 15.4. The topological polar surface area (TPSA) is 97.7 Å². The van der Waals surface area contributed by atoms with E-state index in [1.807, 2.05) is 0 Å². The number of carboxylic acids is 1. The molecule has 148 valence electrons. The summed E-state index contributed by atoms with van der Waals surface area (Å²) in [5.41, 5.74) is 0.427. The van der Waals surface area contributed by atoms with Gasteiger partial charge in [-0.25, -0.2) is 0 Å². The summed E-state index contributed by atoms with van der Waals surface area (Å²) in [7, 11) is 0. The van der Waals surface area contributed by atoms with E-state index in [1.165, 1.54) is 36.5 Å². The molecule has 8 heteroatoms. The molecule has 1 heterocycles. The smallest absolute Gasteiger partial charge is 0.308 e. The van der Waals surface area contributed by atoms with Gasteiger partial charge in [-0.05, 0) is 37.1 Å². The Balaban J connectivity index is 1.83. The van der Waals surface area contributed by atoms with Gasteiger partial charge < -0.3 is 9.84 Å². The molecule has 0 spiro atoms. The maximum Gasteiger partial charge on any atom is 0.308 e. The van der Waals surface area contributed by atoms with Crippen molar-refractivity contribution in [2.45, 2.75) is 44.3 Å². The number of ether oxygens (including phenoxy) is 1. The van der Waals surface area contributed by atoms with Gasteiger partial charge in [-0.15, -0.1) is 23.5 Å². The van der Waals surface area contributed by atoms with Crippen LogP contribution in [0.1, 0.15) is 59.7 Å². The number of esters is 1. The van der Waals surface area contributed by atoms with Gasteiger partial charge in [0.05, 0.1) is 15.4 Å². The molecular formula is C20H20O6S2. The number of unbranched alkanes of at least 4 members (excludes halogenated alkanes) is 1. The minimum absolute atomic E-state index is 0.120. The van der Waals surface area contributed by atoms with E-state index in [2.05, 4.69) is 0 Å². The lowest BCUT2D eigenvalue weighted by Gasteiger charge is -2.21. The van der Waals surface area contributed by atoms with Crippen LogP contribution in [0.5, 0.6) is 5.75 Å². The molecule has 0 saturated carbocycles. The van der Waals surface area contributed by atoms with Crippen LogP contribution in [0, 0.1) is 0 Å². The number of rotatable bonds is 6. The number of carbonyl (C=O) groups excluding carboxylic acids is 3. The average molecular weight is 421 g/mol. The van der Waals surface area contributed by atoms with E-state index in [4.69, 9.17) is 9.84 Å².